The molecule has 0 radical (unpaired) electrons. The molecule has 1 N–H and O–H groups in total. The Labute approximate surface area is 178 Å². The van der Waals surface area contributed by atoms with Gasteiger partial charge in [0.15, 0.2) is 6.61 Å². The van der Waals surface area contributed by atoms with Gasteiger partial charge >= 0.3 is 6.18 Å². The molecule has 1 heterocycles. The molecular formula is C21H28F3N3O4. The molecule has 0 unspecified atom stereocenters. The summed E-state index contributed by atoms with van der Waals surface area (Å²) in [5.74, 6) is 0.0558. The van der Waals surface area contributed by atoms with E-state index in [1.54, 1.807) is 17.7 Å². The highest BCUT2D eigenvalue weighted by Crippen LogP contribution is 2.29. The molecule has 1 saturated carbocycles. The Bertz CT molecular complexity index is 892. The van der Waals surface area contributed by atoms with E-state index in [1.807, 2.05) is 6.92 Å². The van der Waals surface area contributed by atoms with Gasteiger partial charge in [0.25, 0.3) is 6.01 Å². The van der Waals surface area contributed by atoms with Crippen LogP contribution in [0.25, 0.3) is 11.0 Å². The second-order valence-corrected chi connectivity index (χ2v) is 7.96. The molecule has 0 bridgehead atoms. The Morgan fingerprint density at radius 3 is 2.58 bits per heavy atom. The number of imidazole rings is 1. The van der Waals surface area contributed by atoms with Crippen LogP contribution in [0, 0.1) is 0 Å². The molecule has 7 nitrogen and oxygen atoms in total. The number of aromatic nitrogens is 2. The van der Waals surface area contributed by atoms with Crippen molar-refractivity contribution in [3.63, 3.8) is 0 Å². The van der Waals surface area contributed by atoms with Crippen molar-refractivity contribution in [3.05, 3.63) is 18.2 Å². The fourth-order valence-electron chi connectivity index (χ4n) is 3.64. The van der Waals surface area contributed by atoms with Crippen LogP contribution in [-0.4, -0.2) is 53.1 Å². The van der Waals surface area contributed by atoms with Crippen LogP contribution in [0.1, 0.15) is 39.5 Å². The molecule has 1 amide bonds. The third kappa shape index (κ3) is 6.75. The predicted octanol–water partition coefficient (Wildman–Crippen LogP) is 3.75. The number of ether oxygens (including phenoxy) is 3. The molecular weight excluding hydrogens is 415 g/mol. The van der Waals surface area contributed by atoms with E-state index in [9.17, 15) is 18.0 Å². The lowest BCUT2D eigenvalue weighted by molar-refractivity contribution is -0.153. The Morgan fingerprint density at radius 1 is 1.26 bits per heavy atom. The predicted molar refractivity (Wildman–Crippen MR) is 108 cm³/mol. The fourth-order valence-corrected chi connectivity index (χ4v) is 3.64. The summed E-state index contributed by atoms with van der Waals surface area (Å²) < 4.78 is 55.6. The molecule has 1 aromatic heterocycles. The van der Waals surface area contributed by atoms with Gasteiger partial charge in [-0.25, -0.2) is 0 Å². The zero-order chi connectivity index (χ0) is 22.6. The minimum absolute atomic E-state index is 0.0101. The number of nitrogens with one attached hydrogen (secondary N) is 1. The van der Waals surface area contributed by atoms with Crippen LogP contribution >= 0.6 is 0 Å². The minimum atomic E-state index is -4.39. The van der Waals surface area contributed by atoms with Gasteiger partial charge in [0, 0.05) is 26.1 Å². The maximum Gasteiger partial charge on any atom is 0.422 e. The highest BCUT2D eigenvalue weighted by molar-refractivity contribution is 5.78. The van der Waals surface area contributed by atoms with Crippen LogP contribution in [0.4, 0.5) is 13.2 Å². The monoisotopic (exact) mass is 443 g/mol. The van der Waals surface area contributed by atoms with E-state index >= 15 is 0 Å². The van der Waals surface area contributed by atoms with Crippen LogP contribution in [0.2, 0.25) is 0 Å². The first-order chi connectivity index (χ1) is 14.6. The average molecular weight is 443 g/mol. The number of aryl methyl sites for hydroxylation is 1. The number of carbonyl (C=O) groups excluding carboxylic acids is 1. The summed E-state index contributed by atoms with van der Waals surface area (Å²) in [4.78, 5) is 15.5. The van der Waals surface area contributed by atoms with Gasteiger partial charge in [-0.1, -0.05) is 0 Å². The van der Waals surface area contributed by atoms with Crippen molar-refractivity contribution in [3.8, 4) is 11.8 Å². The van der Waals surface area contributed by atoms with Crippen LogP contribution in [-0.2, 0) is 16.6 Å². The highest BCUT2D eigenvalue weighted by atomic mass is 19.4. The number of halogens is 3. The van der Waals surface area contributed by atoms with Crippen molar-refractivity contribution in [1.82, 2.24) is 14.9 Å². The van der Waals surface area contributed by atoms with Gasteiger partial charge in [-0.05, 0) is 44.7 Å². The molecule has 1 aromatic carbocycles. The Hall–Kier alpha value is -2.49. The number of benzene rings is 1. The van der Waals surface area contributed by atoms with Gasteiger partial charge in [0.2, 0.25) is 5.91 Å². The number of alkyl halides is 3. The van der Waals surface area contributed by atoms with E-state index in [-0.39, 0.29) is 29.9 Å². The van der Waals surface area contributed by atoms with Gasteiger partial charge in [0.05, 0.1) is 23.7 Å². The lowest BCUT2D eigenvalue weighted by atomic mass is 9.95. The average Bonchev–Trinajstić information content (AvgIpc) is 3.00. The third-order valence-electron chi connectivity index (χ3n) is 5.14. The maximum atomic E-state index is 12.4. The van der Waals surface area contributed by atoms with E-state index in [2.05, 4.69) is 10.3 Å². The van der Waals surface area contributed by atoms with Crippen LogP contribution in [0.3, 0.4) is 0 Å². The van der Waals surface area contributed by atoms with Crippen molar-refractivity contribution in [2.24, 2.45) is 7.05 Å². The van der Waals surface area contributed by atoms with Gasteiger partial charge in [-0.15, -0.1) is 0 Å². The zero-order valence-electron chi connectivity index (χ0n) is 17.9. The first kappa shape index (κ1) is 23.2. The number of fused-ring (bicyclic) bond motifs is 1. The van der Waals surface area contributed by atoms with Crippen molar-refractivity contribution in [2.45, 2.75) is 64.0 Å². The molecule has 0 aliphatic heterocycles. The SMILES string of the molecule is CC(=O)N[C@@H](C)CO[C@H]1CC[C@H](Oc2nc3ccc(OCC(F)(F)F)cc3n2C)CC1. The van der Waals surface area contributed by atoms with Crippen LogP contribution < -0.4 is 14.8 Å². The molecule has 1 aliphatic rings. The zero-order valence-corrected chi connectivity index (χ0v) is 17.9. The van der Waals surface area contributed by atoms with Crippen molar-refractivity contribution >= 4 is 16.9 Å². The largest absolute Gasteiger partial charge is 0.484 e. The lowest BCUT2D eigenvalue weighted by Gasteiger charge is -2.29. The summed E-state index contributed by atoms with van der Waals surface area (Å²) in [7, 11) is 1.76. The Kier molecular flexibility index (Phi) is 7.30. The number of rotatable bonds is 8. The number of carbonyl (C=O) groups is 1. The van der Waals surface area contributed by atoms with E-state index in [4.69, 9.17) is 14.2 Å². The topological polar surface area (TPSA) is 74.6 Å². The van der Waals surface area contributed by atoms with Crippen molar-refractivity contribution < 1.29 is 32.2 Å². The summed E-state index contributed by atoms with van der Waals surface area (Å²) in [6, 6.07) is 5.01. The normalized spacial score (nSPS) is 20.5. The fraction of sp³-hybridized carbons (Fsp3) is 0.619. The molecule has 1 aliphatic carbocycles. The first-order valence-corrected chi connectivity index (χ1v) is 10.3. The van der Waals surface area contributed by atoms with Gasteiger partial charge in [-0.2, -0.15) is 18.2 Å². The first-order valence-electron chi connectivity index (χ1n) is 10.3. The summed E-state index contributed by atoms with van der Waals surface area (Å²) in [5, 5.41) is 2.80. The second kappa shape index (κ2) is 9.76. The van der Waals surface area contributed by atoms with Crippen LogP contribution in [0.5, 0.6) is 11.8 Å². The smallest absolute Gasteiger partial charge is 0.422 e. The maximum absolute atomic E-state index is 12.4. The van der Waals surface area contributed by atoms with Gasteiger partial charge in [0.1, 0.15) is 11.9 Å². The summed E-state index contributed by atoms with van der Waals surface area (Å²) in [6.45, 7) is 2.52. The summed E-state index contributed by atoms with van der Waals surface area (Å²) in [5.41, 5.74) is 1.26. The molecule has 1 fully saturated rings. The number of hydrogen-bond donors (Lipinski definition) is 1. The molecule has 0 saturated heterocycles. The molecule has 3 rings (SSSR count). The summed E-state index contributed by atoms with van der Waals surface area (Å²) in [6.07, 6.45) is -0.965. The van der Waals surface area contributed by atoms with Gasteiger partial charge in [-0.3, -0.25) is 9.36 Å². The molecule has 1 atom stereocenters. The third-order valence-corrected chi connectivity index (χ3v) is 5.14. The van der Waals surface area contributed by atoms with Gasteiger partial charge < -0.3 is 19.5 Å². The Balaban J connectivity index is 1.53. The number of amides is 1. The minimum Gasteiger partial charge on any atom is -0.484 e. The lowest BCUT2D eigenvalue weighted by Crippen LogP contribution is -2.37. The van der Waals surface area contributed by atoms with E-state index in [0.29, 0.717) is 23.7 Å². The van der Waals surface area contributed by atoms with Crippen molar-refractivity contribution in [2.75, 3.05) is 13.2 Å². The molecule has 172 valence electrons. The quantitative estimate of drug-likeness (QED) is 0.673. The Morgan fingerprint density at radius 2 is 1.94 bits per heavy atom. The van der Waals surface area contributed by atoms with Crippen molar-refractivity contribution in [1.29, 1.82) is 0 Å². The van der Waals surface area contributed by atoms with E-state index < -0.39 is 12.8 Å². The van der Waals surface area contributed by atoms with E-state index in [0.717, 1.165) is 25.7 Å². The molecule has 0 spiro atoms. The number of nitrogens with zero attached hydrogens (tertiary/aromatic N) is 2. The standard InChI is InChI=1S/C21H28F3N3O4/c1-13(25-14(2)28)11-29-15-4-6-16(7-5-15)31-20-26-18-9-8-17(10-19(18)27(20)3)30-12-21(22,23)24/h8-10,13,15-16H,4-7,11-12H2,1-3H3,(H,25,28)/t13-,15-,16-/m0/s1. The molecule has 10 heteroatoms. The molecule has 2 aromatic rings. The van der Waals surface area contributed by atoms with E-state index in [1.165, 1.54) is 19.1 Å². The summed E-state index contributed by atoms with van der Waals surface area (Å²) >= 11 is 0. The highest BCUT2D eigenvalue weighted by Gasteiger charge is 2.29. The molecule has 31 heavy (non-hydrogen) atoms. The number of hydrogen-bond acceptors (Lipinski definition) is 5. The van der Waals surface area contributed by atoms with Crippen LogP contribution in [0.15, 0.2) is 18.2 Å². The second-order valence-electron chi connectivity index (χ2n) is 7.96.